The summed E-state index contributed by atoms with van der Waals surface area (Å²) in [6.45, 7) is 10.6. The fourth-order valence-corrected chi connectivity index (χ4v) is 1.72. The van der Waals surface area contributed by atoms with Crippen LogP contribution in [0.15, 0.2) is 30.4 Å². The third-order valence-corrected chi connectivity index (χ3v) is 2.87. The first-order chi connectivity index (χ1) is 9.21. The zero-order chi connectivity index (χ0) is 14.1. The summed E-state index contributed by atoms with van der Waals surface area (Å²) in [6, 6.07) is 6.05. The van der Waals surface area contributed by atoms with E-state index in [1.165, 1.54) is 5.56 Å². The van der Waals surface area contributed by atoms with Crippen LogP contribution in [0, 0.1) is 0 Å². The molecule has 1 N–H and O–H groups in total. The highest BCUT2D eigenvalue weighted by Gasteiger charge is 2.05. The SMILES string of the molecule is C=C(CNCCC)COc1ccc(CC)cc1OC. The molecule has 19 heavy (non-hydrogen) atoms. The third kappa shape index (κ3) is 5.35. The first-order valence-electron chi connectivity index (χ1n) is 6.88. The molecule has 0 amide bonds. The van der Waals surface area contributed by atoms with Crippen molar-refractivity contribution in [3.05, 3.63) is 35.9 Å². The van der Waals surface area contributed by atoms with Gasteiger partial charge in [-0.15, -0.1) is 0 Å². The summed E-state index contributed by atoms with van der Waals surface area (Å²) in [7, 11) is 1.67. The molecule has 0 saturated carbocycles. The highest BCUT2D eigenvalue weighted by Crippen LogP contribution is 2.28. The summed E-state index contributed by atoms with van der Waals surface area (Å²) in [5.74, 6) is 1.56. The summed E-state index contributed by atoms with van der Waals surface area (Å²) in [5.41, 5.74) is 2.28. The Morgan fingerprint density at radius 2 is 2.05 bits per heavy atom. The van der Waals surface area contributed by atoms with Gasteiger partial charge in [0.1, 0.15) is 6.61 Å². The summed E-state index contributed by atoms with van der Waals surface area (Å²) in [6.07, 6.45) is 2.12. The van der Waals surface area contributed by atoms with Gasteiger partial charge in [-0.2, -0.15) is 0 Å². The molecule has 3 nitrogen and oxygen atoms in total. The van der Waals surface area contributed by atoms with E-state index in [0.29, 0.717) is 6.61 Å². The normalized spacial score (nSPS) is 10.3. The summed E-state index contributed by atoms with van der Waals surface area (Å²) in [4.78, 5) is 0. The van der Waals surface area contributed by atoms with E-state index in [1.807, 2.05) is 12.1 Å². The predicted molar refractivity (Wildman–Crippen MR) is 80.2 cm³/mol. The van der Waals surface area contributed by atoms with Crippen LogP contribution in [0.2, 0.25) is 0 Å². The van der Waals surface area contributed by atoms with E-state index >= 15 is 0 Å². The van der Waals surface area contributed by atoms with Crippen LogP contribution in [-0.2, 0) is 6.42 Å². The molecule has 0 saturated heterocycles. The number of hydrogen-bond donors (Lipinski definition) is 1. The second-order valence-electron chi connectivity index (χ2n) is 4.55. The molecule has 0 radical (unpaired) electrons. The van der Waals surface area contributed by atoms with Crippen LogP contribution in [0.25, 0.3) is 0 Å². The molecule has 1 aromatic carbocycles. The standard InChI is InChI=1S/C16H25NO2/c1-5-9-17-11-13(3)12-19-15-8-7-14(6-2)10-16(15)18-4/h7-8,10,17H,3,5-6,9,11-12H2,1-2,4H3. The molecule has 0 aliphatic heterocycles. The molecule has 1 rings (SSSR count). The Bertz CT molecular complexity index is 402. The minimum Gasteiger partial charge on any atom is -0.493 e. The minimum atomic E-state index is 0.512. The van der Waals surface area contributed by atoms with Gasteiger partial charge in [0.05, 0.1) is 7.11 Å². The fraction of sp³-hybridized carbons (Fsp3) is 0.500. The summed E-state index contributed by atoms with van der Waals surface area (Å²) >= 11 is 0. The molecule has 0 spiro atoms. The fourth-order valence-electron chi connectivity index (χ4n) is 1.72. The van der Waals surface area contributed by atoms with Gasteiger partial charge in [0.2, 0.25) is 0 Å². The van der Waals surface area contributed by atoms with Gasteiger partial charge in [-0.05, 0) is 42.7 Å². The van der Waals surface area contributed by atoms with Crippen molar-refractivity contribution in [2.75, 3.05) is 26.8 Å². The van der Waals surface area contributed by atoms with Gasteiger partial charge in [-0.3, -0.25) is 0 Å². The van der Waals surface area contributed by atoms with Gasteiger partial charge in [-0.25, -0.2) is 0 Å². The van der Waals surface area contributed by atoms with E-state index < -0.39 is 0 Å². The van der Waals surface area contributed by atoms with Gasteiger partial charge in [0.25, 0.3) is 0 Å². The number of ether oxygens (including phenoxy) is 2. The molecule has 0 atom stereocenters. The molecular formula is C16H25NO2. The topological polar surface area (TPSA) is 30.5 Å². The van der Waals surface area contributed by atoms with Crippen molar-refractivity contribution in [1.82, 2.24) is 5.32 Å². The Balaban J connectivity index is 2.50. The molecular weight excluding hydrogens is 238 g/mol. The molecule has 0 fully saturated rings. The molecule has 1 aromatic rings. The van der Waals surface area contributed by atoms with E-state index in [2.05, 4.69) is 31.8 Å². The first-order valence-corrected chi connectivity index (χ1v) is 6.88. The summed E-state index contributed by atoms with van der Waals surface area (Å²) < 4.78 is 11.1. The first kappa shape index (κ1) is 15.6. The second kappa shape index (κ2) is 8.59. The molecule has 0 unspecified atom stereocenters. The van der Waals surface area contributed by atoms with Crippen molar-refractivity contribution in [2.45, 2.75) is 26.7 Å². The van der Waals surface area contributed by atoms with Crippen molar-refractivity contribution in [2.24, 2.45) is 0 Å². The van der Waals surface area contributed by atoms with Crippen molar-refractivity contribution >= 4 is 0 Å². The number of aryl methyl sites for hydroxylation is 1. The van der Waals surface area contributed by atoms with E-state index in [9.17, 15) is 0 Å². The predicted octanol–water partition coefficient (Wildman–Crippen LogP) is 3.19. The van der Waals surface area contributed by atoms with Crippen molar-refractivity contribution in [3.63, 3.8) is 0 Å². The zero-order valence-corrected chi connectivity index (χ0v) is 12.3. The zero-order valence-electron chi connectivity index (χ0n) is 12.3. The average Bonchev–Trinajstić information content (AvgIpc) is 2.45. The molecule has 3 heteroatoms. The van der Waals surface area contributed by atoms with Crippen LogP contribution < -0.4 is 14.8 Å². The molecule has 0 aliphatic rings. The third-order valence-electron chi connectivity index (χ3n) is 2.87. The molecule has 0 aromatic heterocycles. The van der Waals surface area contributed by atoms with Gasteiger partial charge < -0.3 is 14.8 Å². The van der Waals surface area contributed by atoms with Gasteiger partial charge in [0, 0.05) is 6.54 Å². The van der Waals surface area contributed by atoms with Crippen LogP contribution >= 0.6 is 0 Å². The lowest BCUT2D eigenvalue weighted by Gasteiger charge is -2.13. The minimum absolute atomic E-state index is 0.512. The van der Waals surface area contributed by atoms with E-state index in [-0.39, 0.29) is 0 Å². The number of hydrogen-bond acceptors (Lipinski definition) is 3. The largest absolute Gasteiger partial charge is 0.493 e. The molecule has 106 valence electrons. The van der Waals surface area contributed by atoms with Crippen molar-refractivity contribution in [3.8, 4) is 11.5 Å². The van der Waals surface area contributed by atoms with Crippen LogP contribution in [0.4, 0.5) is 0 Å². The molecule has 0 bridgehead atoms. The van der Waals surface area contributed by atoms with Gasteiger partial charge >= 0.3 is 0 Å². The highest BCUT2D eigenvalue weighted by atomic mass is 16.5. The van der Waals surface area contributed by atoms with Crippen LogP contribution in [0.5, 0.6) is 11.5 Å². The Labute approximate surface area is 116 Å². The maximum atomic E-state index is 5.76. The van der Waals surface area contributed by atoms with E-state index in [4.69, 9.17) is 9.47 Å². The number of methoxy groups -OCH3 is 1. The van der Waals surface area contributed by atoms with Crippen LogP contribution in [0.3, 0.4) is 0 Å². The van der Waals surface area contributed by atoms with Crippen LogP contribution in [-0.4, -0.2) is 26.8 Å². The average molecular weight is 263 g/mol. The quantitative estimate of drug-likeness (QED) is 0.548. The number of benzene rings is 1. The maximum absolute atomic E-state index is 5.76. The smallest absolute Gasteiger partial charge is 0.161 e. The Morgan fingerprint density at radius 3 is 2.68 bits per heavy atom. The Hall–Kier alpha value is -1.48. The number of nitrogens with one attached hydrogen (secondary N) is 1. The maximum Gasteiger partial charge on any atom is 0.161 e. The van der Waals surface area contributed by atoms with Gasteiger partial charge in [0.15, 0.2) is 11.5 Å². The number of rotatable bonds is 9. The Morgan fingerprint density at radius 1 is 1.26 bits per heavy atom. The van der Waals surface area contributed by atoms with Gasteiger partial charge in [-0.1, -0.05) is 26.5 Å². The van der Waals surface area contributed by atoms with Crippen molar-refractivity contribution in [1.29, 1.82) is 0 Å². The Kier molecular flexibility index (Phi) is 7.04. The van der Waals surface area contributed by atoms with E-state index in [0.717, 1.165) is 43.0 Å². The summed E-state index contributed by atoms with van der Waals surface area (Å²) in [5, 5.41) is 3.31. The highest BCUT2D eigenvalue weighted by molar-refractivity contribution is 5.43. The lowest BCUT2D eigenvalue weighted by molar-refractivity contribution is 0.317. The lowest BCUT2D eigenvalue weighted by atomic mass is 10.1. The molecule has 0 aliphatic carbocycles. The molecule has 0 heterocycles. The van der Waals surface area contributed by atoms with Crippen molar-refractivity contribution < 1.29 is 9.47 Å². The lowest BCUT2D eigenvalue weighted by Crippen LogP contribution is -2.20. The second-order valence-corrected chi connectivity index (χ2v) is 4.55. The van der Waals surface area contributed by atoms with E-state index in [1.54, 1.807) is 7.11 Å². The monoisotopic (exact) mass is 263 g/mol. The van der Waals surface area contributed by atoms with Crippen LogP contribution in [0.1, 0.15) is 25.8 Å².